The summed E-state index contributed by atoms with van der Waals surface area (Å²) in [4.78, 5) is 74.3. The second-order valence-corrected chi connectivity index (χ2v) is 17.9. The molecule has 0 saturated carbocycles. The number of carbonyl (C=O) groups excluding carboxylic acids is 6. The van der Waals surface area contributed by atoms with E-state index in [1.165, 1.54) is 33.1 Å². The van der Waals surface area contributed by atoms with Crippen LogP contribution in [0.15, 0.2) is 30.3 Å². The van der Waals surface area contributed by atoms with E-state index in [4.69, 9.17) is 41.4 Å². The lowest BCUT2D eigenvalue weighted by Crippen LogP contribution is -2.50. The van der Waals surface area contributed by atoms with Gasteiger partial charge in [-0.15, -0.1) is 0 Å². The van der Waals surface area contributed by atoms with E-state index >= 15 is 0 Å². The first kappa shape index (κ1) is 46.6. The molecule has 314 valence electrons. The number of hydrogen-bond acceptors (Lipinski definition) is 18. The molecule has 0 aliphatic carbocycles. The molecule has 0 aromatic heterocycles. The zero-order valence-corrected chi connectivity index (χ0v) is 34.1. The number of hydrogen-bond donors (Lipinski definition) is 2. The van der Waals surface area contributed by atoms with E-state index in [0.717, 1.165) is 0 Å². The van der Waals surface area contributed by atoms with Crippen molar-refractivity contribution >= 4 is 51.3 Å². The lowest BCUT2D eigenvalue weighted by molar-refractivity contribution is -0.166. The van der Waals surface area contributed by atoms with Gasteiger partial charge in [-0.3, -0.25) is 42.1 Å². The summed E-state index contributed by atoms with van der Waals surface area (Å²) in [5, 5.41) is 5.04. The highest BCUT2D eigenvalue weighted by Crippen LogP contribution is 2.58. The van der Waals surface area contributed by atoms with Crippen LogP contribution in [0, 0.1) is 16.2 Å². The summed E-state index contributed by atoms with van der Waals surface area (Å²) in [6.45, 7) is 7.18. The number of benzene rings is 1. The minimum Gasteiger partial charge on any atom is -0.469 e. The third-order valence-corrected chi connectivity index (χ3v) is 11.1. The van der Waals surface area contributed by atoms with Crippen LogP contribution in [-0.2, 0) is 79.2 Å². The number of nitrogens with one attached hydrogen (secondary N) is 2. The second kappa shape index (κ2) is 20.1. The van der Waals surface area contributed by atoms with E-state index in [-0.39, 0.29) is 57.7 Å². The van der Waals surface area contributed by atoms with Crippen LogP contribution in [0.5, 0.6) is 0 Å². The Kier molecular flexibility index (Phi) is 16.7. The Labute approximate surface area is 324 Å². The molecule has 2 heterocycles. The van der Waals surface area contributed by atoms with E-state index < -0.39 is 93.4 Å². The Bertz CT molecular complexity index is 1670. The normalized spacial score (nSPS) is 24.2. The van der Waals surface area contributed by atoms with E-state index in [1.54, 1.807) is 45.9 Å². The predicted molar refractivity (Wildman–Crippen MR) is 191 cm³/mol. The number of esters is 4. The van der Waals surface area contributed by atoms with E-state index in [0.29, 0.717) is 0 Å². The third kappa shape index (κ3) is 14.0. The molecule has 20 nitrogen and oxygen atoms in total. The lowest BCUT2D eigenvalue weighted by Gasteiger charge is -2.39. The Morgan fingerprint density at radius 1 is 0.750 bits per heavy atom. The van der Waals surface area contributed by atoms with Crippen molar-refractivity contribution in [3.63, 3.8) is 0 Å². The summed E-state index contributed by atoms with van der Waals surface area (Å²) in [5.74, 6) is -4.12. The van der Waals surface area contributed by atoms with Gasteiger partial charge in [0, 0.05) is 23.9 Å². The van der Waals surface area contributed by atoms with Crippen molar-refractivity contribution in [2.75, 3.05) is 53.6 Å². The van der Waals surface area contributed by atoms with Crippen LogP contribution >= 0.6 is 15.6 Å². The van der Waals surface area contributed by atoms with E-state index in [9.17, 15) is 37.9 Å². The molecule has 4 atom stereocenters. The summed E-state index contributed by atoms with van der Waals surface area (Å²) in [6.07, 6.45) is -2.92. The SMILES string of the molecule is COC(=O)CCNC(=O)[C@@H]1OP(=O)(OCOC(=O)C(C)(C)CCOC(=O)CCNC(=O)[C@@H]2OP(=O)(OCOC(=O)c3ccccc3)OCC2(C)C)OCC1(C)C. The van der Waals surface area contributed by atoms with Crippen molar-refractivity contribution in [2.45, 2.75) is 73.0 Å². The molecule has 2 unspecified atom stereocenters. The fraction of sp³-hybridized carbons (Fsp3) is 0.647. The van der Waals surface area contributed by atoms with Crippen molar-refractivity contribution < 1.29 is 84.0 Å². The molecule has 22 heteroatoms. The zero-order chi connectivity index (χ0) is 41.8. The predicted octanol–water partition coefficient (Wildman–Crippen LogP) is 3.58. The van der Waals surface area contributed by atoms with Gasteiger partial charge < -0.3 is 29.6 Å². The largest absolute Gasteiger partial charge is 0.478 e. The number of rotatable bonds is 19. The molecular weight excluding hydrogens is 786 g/mol. The third-order valence-electron chi connectivity index (χ3n) is 8.39. The maximum Gasteiger partial charge on any atom is 0.478 e. The summed E-state index contributed by atoms with van der Waals surface area (Å²) in [7, 11) is -7.44. The number of amides is 2. The molecule has 1 aromatic rings. The minimum absolute atomic E-state index is 0.0106. The fourth-order valence-corrected chi connectivity index (χ4v) is 7.80. The quantitative estimate of drug-likeness (QED) is 0.0874. The Morgan fingerprint density at radius 2 is 1.23 bits per heavy atom. The zero-order valence-electron chi connectivity index (χ0n) is 32.4. The van der Waals surface area contributed by atoms with Gasteiger partial charge in [0.25, 0.3) is 0 Å². The summed E-state index contributed by atoms with van der Waals surface area (Å²) in [5.41, 5.74) is -2.84. The Hall–Kier alpha value is -3.74. The highest BCUT2D eigenvalue weighted by Gasteiger charge is 2.50. The number of carbonyl (C=O) groups is 6. The molecule has 2 aliphatic heterocycles. The van der Waals surface area contributed by atoms with Gasteiger partial charge in [-0.1, -0.05) is 45.9 Å². The molecule has 2 N–H and O–H groups in total. The smallest absolute Gasteiger partial charge is 0.469 e. The van der Waals surface area contributed by atoms with Crippen LogP contribution in [-0.4, -0.2) is 102 Å². The monoisotopic (exact) mass is 836 g/mol. The maximum atomic E-state index is 13.1. The molecule has 3 rings (SSSR count). The van der Waals surface area contributed by atoms with Gasteiger partial charge >= 0.3 is 39.5 Å². The highest BCUT2D eigenvalue weighted by atomic mass is 31.2. The molecule has 2 fully saturated rings. The van der Waals surface area contributed by atoms with Crippen molar-refractivity contribution in [3.8, 4) is 0 Å². The standard InChI is InChI=1S/C34H50N2O18P2/c1-32(2,31(42)48-22-52-56(44)50-20-34(5,6)26(54-56)28(39)35-16-13-24(37)45-7)15-18-46-25(38)14-17-36-29(40)27-33(3,4)19-49-55(43,53-27)51-21-47-30(41)23-11-9-8-10-12-23/h8-12,26-27H,13-22H2,1-7H3,(H,35,39)(H,36,40)/t26-,27-,55?,56?/m0/s1. The maximum absolute atomic E-state index is 13.1. The van der Waals surface area contributed by atoms with E-state index in [1.807, 2.05) is 0 Å². The first-order valence-electron chi connectivity index (χ1n) is 17.4. The number of phosphoric acid groups is 2. The molecule has 2 saturated heterocycles. The van der Waals surface area contributed by atoms with Gasteiger partial charge in [-0.25, -0.2) is 23.0 Å². The van der Waals surface area contributed by atoms with E-state index in [2.05, 4.69) is 15.4 Å². The average molecular weight is 837 g/mol. The fourth-order valence-electron chi connectivity index (χ4n) is 4.79. The Morgan fingerprint density at radius 3 is 1.73 bits per heavy atom. The molecule has 0 radical (unpaired) electrons. The van der Waals surface area contributed by atoms with Crippen molar-refractivity contribution in [1.82, 2.24) is 10.6 Å². The molecule has 0 spiro atoms. The summed E-state index contributed by atoms with van der Waals surface area (Å²) >= 11 is 0. The summed E-state index contributed by atoms with van der Waals surface area (Å²) in [6, 6.07) is 8.02. The first-order chi connectivity index (χ1) is 26.1. The van der Waals surface area contributed by atoms with Crippen LogP contribution in [0.2, 0.25) is 0 Å². The molecule has 2 aliphatic rings. The lowest BCUT2D eigenvalue weighted by atomic mass is 9.87. The Balaban J connectivity index is 1.37. The first-order valence-corrected chi connectivity index (χ1v) is 20.4. The van der Waals surface area contributed by atoms with Crippen LogP contribution in [0.25, 0.3) is 0 Å². The van der Waals surface area contributed by atoms with Gasteiger partial charge in [0.15, 0.2) is 12.2 Å². The van der Waals surface area contributed by atoms with Gasteiger partial charge in [-0.05, 0) is 32.4 Å². The molecule has 2 amide bonds. The summed E-state index contributed by atoms with van der Waals surface area (Å²) < 4.78 is 77.4. The van der Waals surface area contributed by atoms with Crippen LogP contribution in [0.1, 0.15) is 71.2 Å². The van der Waals surface area contributed by atoms with Crippen LogP contribution in [0.4, 0.5) is 0 Å². The van der Waals surface area contributed by atoms with Gasteiger partial charge in [-0.2, -0.15) is 0 Å². The molecular formula is C34H50N2O18P2. The molecule has 56 heavy (non-hydrogen) atoms. The van der Waals surface area contributed by atoms with Gasteiger partial charge in [0.2, 0.25) is 25.4 Å². The van der Waals surface area contributed by atoms with Crippen molar-refractivity contribution in [3.05, 3.63) is 35.9 Å². The number of phosphoric ester groups is 2. The van der Waals surface area contributed by atoms with Crippen LogP contribution < -0.4 is 10.6 Å². The van der Waals surface area contributed by atoms with Gasteiger partial charge in [0.05, 0.1) is 50.8 Å². The van der Waals surface area contributed by atoms with Gasteiger partial charge in [0.1, 0.15) is 0 Å². The minimum atomic E-state index is -4.34. The number of ether oxygens (including phenoxy) is 4. The highest BCUT2D eigenvalue weighted by molar-refractivity contribution is 7.48. The van der Waals surface area contributed by atoms with Crippen molar-refractivity contribution in [2.24, 2.45) is 16.2 Å². The average Bonchev–Trinajstić information content (AvgIpc) is 3.14. The molecule has 1 aromatic carbocycles. The molecule has 0 bridgehead atoms. The van der Waals surface area contributed by atoms with Crippen LogP contribution in [0.3, 0.4) is 0 Å². The van der Waals surface area contributed by atoms with Crippen molar-refractivity contribution in [1.29, 1.82) is 0 Å². The topological polar surface area (TPSA) is 253 Å². The second-order valence-electron chi connectivity index (χ2n) is 14.6. The number of methoxy groups -OCH3 is 1.